The molecule has 0 aromatic carbocycles. The molecule has 2 rings (SSSR count). The normalized spacial score (nSPS) is 11.6. The number of rotatable bonds is 6. The Balaban J connectivity index is 1.75. The first-order valence-corrected chi connectivity index (χ1v) is 7.95. The van der Waals surface area contributed by atoms with E-state index in [9.17, 15) is 0 Å². The van der Waals surface area contributed by atoms with Crippen molar-refractivity contribution in [1.29, 1.82) is 0 Å². The van der Waals surface area contributed by atoms with Crippen molar-refractivity contribution < 1.29 is 0 Å². The Labute approximate surface area is 138 Å². The van der Waals surface area contributed by atoms with Gasteiger partial charge < -0.3 is 10.6 Å². The van der Waals surface area contributed by atoms with E-state index in [0.29, 0.717) is 0 Å². The minimum absolute atomic E-state index is 0.807. The molecule has 2 aromatic rings. The maximum Gasteiger partial charge on any atom is 0.190 e. The van der Waals surface area contributed by atoms with Gasteiger partial charge in [-0.2, -0.15) is 5.10 Å². The summed E-state index contributed by atoms with van der Waals surface area (Å²) in [5.74, 6) is 0.820. The van der Waals surface area contributed by atoms with E-state index in [2.05, 4.69) is 39.6 Å². The number of guanidine groups is 1. The first-order valence-electron chi connectivity index (χ1n) is 7.95. The molecule has 0 atom stereocenters. The van der Waals surface area contributed by atoms with Crippen LogP contribution in [0.2, 0.25) is 0 Å². The van der Waals surface area contributed by atoms with Crippen LogP contribution in [0.25, 0.3) is 0 Å². The number of hydrogen-bond acceptors (Lipinski definition) is 3. The fourth-order valence-corrected chi connectivity index (χ4v) is 2.56. The highest BCUT2D eigenvalue weighted by Gasteiger charge is 2.08. The molecule has 0 aliphatic rings. The monoisotopic (exact) mass is 314 g/mol. The van der Waals surface area contributed by atoms with Crippen LogP contribution in [-0.2, 0) is 19.9 Å². The molecule has 6 heteroatoms. The summed E-state index contributed by atoms with van der Waals surface area (Å²) in [6, 6.07) is 5.97. The minimum atomic E-state index is 0.807. The third-order valence-corrected chi connectivity index (χ3v) is 3.95. The first kappa shape index (κ1) is 17.0. The summed E-state index contributed by atoms with van der Waals surface area (Å²) in [4.78, 5) is 8.57. The van der Waals surface area contributed by atoms with Crippen molar-refractivity contribution in [2.45, 2.75) is 26.7 Å². The molecule has 2 aromatic heterocycles. The summed E-state index contributed by atoms with van der Waals surface area (Å²) in [7, 11) is 3.77. The number of aliphatic imine (C=N–C) groups is 1. The maximum atomic E-state index is 4.45. The van der Waals surface area contributed by atoms with E-state index in [1.165, 1.54) is 11.3 Å². The van der Waals surface area contributed by atoms with Gasteiger partial charge in [0.2, 0.25) is 0 Å². The molecule has 23 heavy (non-hydrogen) atoms. The van der Waals surface area contributed by atoms with Crippen molar-refractivity contribution in [1.82, 2.24) is 25.4 Å². The zero-order valence-electron chi connectivity index (χ0n) is 14.4. The molecule has 0 saturated heterocycles. The van der Waals surface area contributed by atoms with Crippen LogP contribution in [0.1, 0.15) is 22.6 Å². The largest absolute Gasteiger partial charge is 0.356 e. The fourth-order valence-electron chi connectivity index (χ4n) is 2.56. The average Bonchev–Trinajstić information content (AvgIpc) is 2.80. The molecule has 0 fully saturated rings. The van der Waals surface area contributed by atoms with Gasteiger partial charge in [0, 0.05) is 51.2 Å². The minimum Gasteiger partial charge on any atom is -0.356 e. The third-order valence-electron chi connectivity index (χ3n) is 3.95. The van der Waals surface area contributed by atoms with Crippen LogP contribution in [0.5, 0.6) is 0 Å². The Morgan fingerprint density at radius 3 is 2.48 bits per heavy atom. The van der Waals surface area contributed by atoms with Gasteiger partial charge >= 0.3 is 0 Å². The quantitative estimate of drug-likeness (QED) is 0.624. The van der Waals surface area contributed by atoms with E-state index in [1.54, 1.807) is 7.05 Å². The lowest BCUT2D eigenvalue weighted by atomic mass is 10.1. The van der Waals surface area contributed by atoms with Crippen LogP contribution >= 0.6 is 0 Å². The molecule has 0 aliphatic heterocycles. The van der Waals surface area contributed by atoms with Crippen LogP contribution in [0, 0.1) is 13.8 Å². The fraction of sp³-hybridized carbons (Fsp3) is 0.471. The summed E-state index contributed by atoms with van der Waals surface area (Å²) in [5, 5.41) is 11.1. The van der Waals surface area contributed by atoms with E-state index >= 15 is 0 Å². The SMILES string of the molecule is CN=C(NCCc1ccccn1)NCCc1c(C)nn(C)c1C. The number of hydrogen-bond donors (Lipinski definition) is 2. The van der Waals surface area contributed by atoms with Crippen LogP contribution in [-0.4, -0.2) is 40.9 Å². The predicted octanol–water partition coefficient (Wildman–Crippen LogP) is 1.38. The van der Waals surface area contributed by atoms with Crippen molar-refractivity contribution in [3.8, 4) is 0 Å². The Hall–Kier alpha value is -2.37. The van der Waals surface area contributed by atoms with Gasteiger partial charge in [-0.25, -0.2) is 0 Å². The van der Waals surface area contributed by atoms with Crippen molar-refractivity contribution in [2.24, 2.45) is 12.0 Å². The lowest BCUT2D eigenvalue weighted by Crippen LogP contribution is -2.39. The van der Waals surface area contributed by atoms with Gasteiger partial charge in [-0.15, -0.1) is 0 Å². The van der Waals surface area contributed by atoms with E-state index in [0.717, 1.165) is 43.3 Å². The highest BCUT2D eigenvalue weighted by atomic mass is 15.3. The number of aryl methyl sites for hydroxylation is 2. The lowest BCUT2D eigenvalue weighted by molar-refractivity contribution is 0.728. The zero-order chi connectivity index (χ0) is 16.7. The molecule has 124 valence electrons. The molecule has 0 spiro atoms. The number of nitrogens with zero attached hydrogens (tertiary/aromatic N) is 4. The van der Waals surface area contributed by atoms with Crippen molar-refractivity contribution in [2.75, 3.05) is 20.1 Å². The van der Waals surface area contributed by atoms with Gasteiger partial charge in [0.25, 0.3) is 0 Å². The van der Waals surface area contributed by atoms with Gasteiger partial charge in [-0.1, -0.05) is 6.07 Å². The summed E-state index contributed by atoms with van der Waals surface area (Å²) in [5.41, 5.74) is 4.72. The zero-order valence-corrected chi connectivity index (χ0v) is 14.4. The van der Waals surface area contributed by atoms with Gasteiger partial charge in [-0.05, 0) is 38.0 Å². The Morgan fingerprint density at radius 1 is 1.17 bits per heavy atom. The first-order chi connectivity index (χ1) is 11.1. The number of nitrogens with one attached hydrogen (secondary N) is 2. The topological polar surface area (TPSA) is 67.1 Å². The predicted molar refractivity (Wildman–Crippen MR) is 93.7 cm³/mol. The smallest absolute Gasteiger partial charge is 0.190 e. The second-order valence-electron chi connectivity index (χ2n) is 5.52. The molecular formula is C17H26N6. The van der Waals surface area contributed by atoms with Gasteiger partial charge in [0.05, 0.1) is 5.69 Å². The highest BCUT2D eigenvalue weighted by Crippen LogP contribution is 2.11. The van der Waals surface area contributed by atoms with Crippen LogP contribution in [0.15, 0.2) is 29.4 Å². The molecular weight excluding hydrogens is 288 g/mol. The van der Waals surface area contributed by atoms with E-state index in [1.807, 2.05) is 36.1 Å². The molecule has 0 radical (unpaired) electrons. The van der Waals surface area contributed by atoms with Crippen molar-refractivity contribution >= 4 is 5.96 Å². The number of pyridine rings is 1. The van der Waals surface area contributed by atoms with Gasteiger partial charge in [-0.3, -0.25) is 14.7 Å². The van der Waals surface area contributed by atoms with Crippen LogP contribution < -0.4 is 10.6 Å². The van der Waals surface area contributed by atoms with E-state index in [-0.39, 0.29) is 0 Å². The van der Waals surface area contributed by atoms with Gasteiger partial charge in [0.15, 0.2) is 5.96 Å². The van der Waals surface area contributed by atoms with E-state index < -0.39 is 0 Å². The molecule has 0 bridgehead atoms. The summed E-state index contributed by atoms with van der Waals surface area (Å²) >= 11 is 0. The molecule has 2 heterocycles. The summed E-state index contributed by atoms with van der Waals surface area (Å²) < 4.78 is 1.94. The van der Waals surface area contributed by atoms with Crippen LogP contribution in [0.3, 0.4) is 0 Å². The Kier molecular flexibility index (Phi) is 6.14. The lowest BCUT2D eigenvalue weighted by Gasteiger charge is -2.12. The molecule has 0 amide bonds. The Bertz CT molecular complexity index is 645. The average molecular weight is 314 g/mol. The number of aromatic nitrogens is 3. The Morgan fingerprint density at radius 2 is 1.91 bits per heavy atom. The standard InChI is InChI=1S/C17H26N6/c1-13-16(14(2)23(4)22-13)9-12-21-17(18-3)20-11-8-15-7-5-6-10-19-15/h5-7,10H,8-9,11-12H2,1-4H3,(H2,18,20,21). The maximum absolute atomic E-state index is 4.45. The van der Waals surface area contributed by atoms with Crippen LogP contribution in [0.4, 0.5) is 0 Å². The summed E-state index contributed by atoms with van der Waals surface area (Å²) in [6.45, 7) is 5.80. The van der Waals surface area contributed by atoms with Gasteiger partial charge in [0.1, 0.15) is 0 Å². The molecule has 0 aliphatic carbocycles. The van der Waals surface area contributed by atoms with Crippen molar-refractivity contribution in [3.05, 3.63) is 47.0 Å². The summed E-state index contributed by atoms with van der Waals surface area (Å²) in [6.07, 6.45) is 3.63. The second kappa shape index (κ2) is 8.31. The van der Waals surface area contributed by atoms with E-state index in [4.69, 9.17) is 0 Å². The highest BCUT2D eigenvalue weighted by molar-refractivity contribution is 5.79. The third kappa shape index (κ3) is 4.81. The molecule has 6 nitrogen and oxygen atoms in total. The molecule has 2 N–H and O–H groups in total. The molecule has 0 saturated carbocycles. The van der Waals surface area contributed by atoms with Crippen molar-refractivity contribution in [3.63, 3.8) is 0 Å². The molecule has 0 unspecified atom stereocenters. The second-order valence-corrected chi connectivity index (χ2v) is 5.52.